The van der Waals surface area contributed by atoms with Gasteiger partial charge in [0.2, 0.25) is 0 Å². The second-order valence-electron chi connectivity index (χ2n) is 4.03. The largest absolute Gasteiger partial charge is 0.381 e. The first-order valence-electron chi connectivity index (χ1n) is 6.09. The molecule has 0 saturated carbocycles. The van der Waals surface area contributed by atoms with Gasteiger partial charge >= 0.3 is 0 Å². The van der Waals surface area contributed by atoms with Crippen LogP contribution in [0.2, 0.25) is 0 Å². The molecule has 0 N–H and O–H groups in total. The van der Waals surface area contributed by atoms with Crippen LogP contribution in [0.3, 0.4) is 0 Å². The van der Waals surface area contributed by atoms with Gasteiger partial charge in [-0.15, -0.1) is 0 Å². The van der Waals surface area contributed by atoms with E-state index < -0.39 is 0 Å². The molecule has 2 rings (SSSR count). The number of benzene rings is 2. The van der Waals surface area contributed by atoms with Gasteiger partial charge in [-0.2, -0.15) is 0 Å². The maximum absolute atomic E-state index is 5.60. The quantitative estimate of drug-likeness (QED) is 0.752. The van der Waals surface area contributed by atoms with E-state index in [1.807, 2.05) is 19.1 Å². The summed E-state index contributed by atoms with van der Waals surface area (Å²) in [6.45, 7) is 3.54. The second-order valence-corrected chi connectivity index (χ2v) is 4.03. The van der Waals surface area contributed by atoms with Crippen LogP contribution in [0.15, 0.2) is 60.7 Å². The van der Waals surface area contributed by atoms with Crippen LogP contribution in [0.1, 0.15) is 24.0 Å². The Kier molecular flexibility index (Phi) is 4.34. The van der Waals surface area contributed by atoms with Gasteiger partial charge in [-0.3, -0.25) is 0 Å². The maximum Gasteiger partial charge on any atom is 0.0575 e. The second kappa shape index (κ2) is 6.21. The van der Waals surface area contributed by atoms with Crippen LogP contribution in [0.5, 0.6) is 0 Å². The van der Waals surface area contributed by atoms with E-state index in [0.717, 1.165) is 13.2 Å². The zero-order valence-electron chi connectivity index (χ0n) is 10.2. The molecule has 0 saturated heterocycles. The molecular weight excluding hydrogens is 208 g/mol. The minimum Gasteiger partial charge on any atom is -0.381 e. The normalized spacial score (nSPS) is 10.7. The fraction of sp³-hybridized carbons (Fsp3) is 0.250. The highest BCUT2D eigenvalue weighted by Gasteiger charge is 2.13. The van der Waals surface area contributed by atoms with Crippen molar-refractivity contribution in [3.05, 3.63) is 71.8 Å². The summed E-state index contributed by atoms with van der Waals surface area (Å²) in [5, 5.41) is 0. The standard InChI is InChI=1S/C16H18O/c1-2-17-13-16(14-9-5-3-6-10-14)15-11-7-4-8-12-15/h3-12,16H,2,13H2,1H3. The summed E-state index contributed by atoms with van der Waals surface area (Å²) in [6, 6.07) is 21.1. The summed E-state index contributed by atoms with van der Waals surface area (Å²) < 4.78 is 5.60. The van der Waals surface area contributed by atoms with Crippen LogP contribution in [0.4, 0.5) is 0 Å². The summed E-state index contributed by atoms with van der Waals surface area (Å²) in [4.78, 5) is 0. The summed E-state index contributed by atoms with van der Waals surface area (Å²) in [5.41, 5.74) is 2.62. The highest BCUT2D eigenvalue weighted by molar-refractivity contribution is 5.32. The van der Waals surface area contributed by atoms with Gasteiger partial charge in [0.1, 0.15) is 0 Å². The van der Waals surface area contributed by atoms with E-state index in [1.165, 1.54) is 11.1 Å². The van der Waals surface area contributed by atoms with Crippen LogP contribution >= 0.6 is 0 Å². The molecule has 0 amide bonds. The molecule has 0 heterocycles. The van der Waals surface area contributed by atoms with E-state index in [9.17, 15) is 0 Å². The molecule has 0 radical (unpaired) electrons. The SMILES string of the molecule is CCOCC(c1ccccc1)c1ccccc1. The average molecular weight is 226 g/mol. The minimum atomic E-state index is 0.331. The molecule has 2 aromatic carbocycles. The Balaban J connectivity index is 2.26. The molecule has 0 aliphatic rings. The molecule has 0 aliphatic heterocycles. The summed E-state index contributed by atoms with van der Waals surface area (Å²) in [6.07, 6.45) is 0. The third-order valence-electron chi connectivity index (χ3n) is 2.89. The van der Waals surface area contributed by atoms with Crippen molar-refractivity contribution >= 4 is 0 Å². The van der Waals surface area contributed by atoms with E-state index in [0.29, 0.717) is 5.92 Å². The average Bonchev–Trinajstić information content (AvgIpc) is 2.42. The number of hydrogen-bond acceptors (Lipinski definition) is 1. The topological polar surface area (TPSA) is 9.23 Å². The van der Waals surface area contributed by atoms with Crippen molar-refractivity contribution in [1.82, 2.24) is 0 Å². The molecule has 0 bridgehead atoms. The van der Waals surface area contributed by atoms with E-state index >= 15 is 0 Å². The van der Waals surface area contributed by atoms with Crippen molar-refractivity contribution in [2.45, 2.75) is 12.8 Å². The lowest BCUT2D eigenvalue weighted by atomic mass is 9.92. The predicted molar refractivity (Wildman–Crippen MR) is 71.2 cm³/mol. The molecule has 0 spiro atoms. The van der Waals surface area contributed by atoms with Crippen molar-refractivity contribution < 1.29 is 4.74 Å². The van der Waals surface area contributed by atoms with E-state index in [-0.39, 0.29) is 0 Å². The third kappa shape index (κ3) is 3.18. The molecule has 2 aromatic rings. The first-order valence-corrected chi connectivity index (χ1v) is 6.09. The molecule has 17 heavy (non-hydrogen) atoms. The summed E-state index contributed by atoms with van der Waals surface area (Å²) in [5.74, 6) is 0.331. The molecule has 88 valence electrons. The van der Waals surface area contributed by atoms with Gasteiger partial charge in [-0.1, -0.05) is 60.7 Å². The van der Waals surface area contributed by atoms with Gasteiger partial charge in [-0.25, -0.2) is 0 Å². The monoisotopic (exact) mass is 226 g/mol. The lowest BCUT2D eigenvalue weighted by molar-refractivity contribution is 0.140. The Hall–Kier alpha value is -1.60. The van der Waals surface area contributed by atoms with Crippen molar-refractivity contribution in [3.63, 3.8) is 0 Å². The Bertz CT molecular complexity index is 382. The molecule has 0 aliphatic carbocycles. The molecule has 0 atom stereocenters. The molecule has 1 nitrogen and oxygen atoms in total. The molecule has 0 aromatic heterocycles. The van der Waals surface area contributed by atoms with Crippen molar-refractivity contribution in [2.24, 2.45) is 0 Å². The summed E-state index contributed by atoms with van der Waals surface area (Å²) in [7, 11) is 0. The minimum absolute atomic E-state index is 0.331. The lowest BCUT2D eigenvalue weighted by Crippen LogP contribution is -2.09. The Morgan fingerprint density at radius 3 is 1.71 bits per heavy atom. The van der Waals surface area contributed by atoms with E-state index in [2.05, 4.69) is 48.5 Å². The fourth-order valence-electron chi connectivity index (χ4n) is 1.99. The molecule has 0 fully saturated rings. The molecule has 0 unspecified atom stereocenters. The third-order valence-corrected chi connectivity index (χ3v) is 2.89. The van der Waals surface area contributed by atoms with Gasteiger partial charge in [0.05, 0.1) is 6.61 Å². The summed E-state index contributed by atoms with van der Waals surface area (Å²) >= 11 is 0. The number of ether oxygens (including phenoxy) is 1. The highest BCUT2D eigenvalue weighted by Crippen LogP contribution is 2.24. The van der Waals surface area contributed by atoms with Crippen molar-refractivity contribution in [2.75, 3.05) is 13.2 Å². The first-order chi connectivity index (χ1) is 8.42. The van der Waals surface area contributed by atoms with Crippen molar-refractivity contribution in [3.8, 4) is 0 Å². The van der Waals surface area contributed by atoms with Crippen LogP contribution < -0.4 is 0 Å². The van der Waals surface area contributed by atoms with Crippen LogP contribution in [0, 0.1) is 0 Å². The zero-order chi connectivity index (χ0) is 11.9. The van der Waals surface area contributed by atoms with Gasteiger partial charge in [-0.05, 0) is 18.1 Å². The van der Waals surface area contributed by atoms with Crippen LogP contribution in [-0.2, 0) is 4.74 Å². The van der Waals surface area contributed by atoms with Crippen LogP contribution in [0.25, 0.3) is 0 Å². The van der Waals surface area contributed by atoms with Gasteiger partial charge < -0.3 is 4.74 Å². The highest BCUT2D eigenvalue weighted by atomic mass is 16.5. The fourth-order valence-corrected chi connectivity index (χ4v) is 1.99. The maximum atomic E-state index is 5.60. The zero-order valence-corrected chi connectivity index (χ0v) is 10.2. The lowest BCUT2D eigenvalue weighted by Gasteiger charge is -2.17. The number of hydrogen-bond donors (Lipinski definition) is 0. The van der Waals surface area contributed by atoms with Crippen molar-refractivity contribution in [1.29, 1.82) is 0 Å². The molecular formula is C16H18O. The predicted octanol–water partition coefficient (Wildman–Crippen LogP) is 3.86. The Morgan fingerprint density at radius 1 is 0.824 bits per heavy atom. The Morgan fingerprint density at radius 2 is 1.29 bits per heavy atom. The van der Waals surface area contributed by atoms with Crippen LogP contribution in [-0.4, -0.2) is 13.2 Å². The van der Waals surface area contributed by atoms with Gasteiger partial charge in [0.15, 0.2) is 0 Å². The van der Waals surface area contributed by atoms with E-state index in [4.69, 9.17) is 4.74 Å². The Labute approximate surface area is 103 Å². The first kappa shape index (κ1) is 11.9. The smallest absolute Gasteiger partial charge is 0.0575 e. The molecule has 1 heteroatoms. The van der Waals surface area contributed by atoms with Gasteiger partial charge in [0.25, 0.3) is 0 Å². The van der Waals surface area contributed by atoms with E-state index in [1.54, 1.807) is 0 Å². The number of rotatable bonds is 5. The van der Waals surface area contributed by atoms with Gasteiger partial charge in [0, 0.05) is 12.5 Å².